The number of imidazole rings is 1. The van der Waals surface area contributed by atoms with Crippen molar-refractivity contribution >= 4 is 16.9 Å². The number of amides is 1. The molecule has 1 amide bonds. The number of nitriles is 2. The van der Waals surface area contributed by atoms with E-state index >= 15 is 0 Å². The molecule has 0 aliphatic heterocycles. The van der Waals surface area contributed by atoms with E-state index in [-0.39, 0.29) is 23.9 Å². The maximum absolute atomic E-state index is 12.7. The summed E-state index contributed by atoms with van der Waals surface area (Å²) < 4.78 is 1.71. The second-order valence-electron chi connectivity index (χ2n) is 8.32. The number of nitrogens with zero attached hydrogens (tertiary/aromatic N) is 4. The van der Waals surface area contributed by atoms with Crippen LogP contribution in [0.3, 0.4) is 0 Å². The summed E-state index contributed by atoms with van der Waals surface area (Å²) in [7, 11) is 0. The quantitative estimate of drug-likeness (QED) is 0.668. The van der Waals surface area contributed by atoms with Crippen molar-refractivity contribution in [1.82, 2.24) is 14.9 Å². The first-order chi connectivity index (χ1) is 15.1. The molecule has 4 rings (SSSR count). The smallest absolute Gasteiger partial charge is 0.240 e. The molecular weight excluding hydrogens is 386 g/mol. The Morgan fingerprint density at radius 1 is 1.16 bits per heavy atom. The van der Waals surface area contributed by atoms with Crippen LogP contribution in [0.25, 0.3) is 11.0 Å². The van der Waals surface area contributed by atoms with Crippen LogP contribution in [0.4, 0.5) is 0 Å². The SMILES string of the molecule is CC(NC(=O)Cn1cnc2cccc(C#N)c21)c1ccc(C2(C#N)CCCCC2)cc1. The molecule has 1 atom stereocenters. The van der Waals surface area contributed by atoms with Gasteiger partial charge >= 0.3 is 0 Å². The Labute approximate surface area is 182 Å². The number of benzene rings is 2. The molecule has 156 valence electrons. The molecule has 1 aromatic heterocycles. The van der Waals surface area contributed by atoms with Gasteiger partial charge in [-0.15, -0.1) is 0 Å². The van der Waals surface area contributed by atoms with Crippen molar-refractivity contribution in [1.29, 1.82) is 10.5 Å². The molecule has 3 aromatic rings. The van der Waals surface area contributed by atoms with E-state index < -0.39 is 0 Å². The second kappa shape index (κ2) is 8.62. The van der Waals surface area contributed by atoms with Gasteiger partial charge in [0.1, 0.15) is 12.6 Å². The highest BCUT2D eigenvalue weighted by molar-refractivity contribution is 5.84. The van der Waals surface area contributed by atoms with Crippen LogP contribution in [0.5, 0.6) is 0 Å². The number of para-hydroxylation sites is 1. The van der Waals surface area contributed by atoms with Crippen molar-refractivity contribution in [2.24, 2.45) is 0 Å². The molecule has 1 unspecified atom stereocenters. The van der Waals surface area contributed by atoms with E-state index in [1.165, 1.54) is 6.42 Å². The molecule has 1 saturated carbocycles. The molecule has 1 aliphatic rings. The predicted octanol–water partition coefficient (Wildman–Crippen LogP) is 4.51. The number of hydrogen-bond donors (Lipinski definition) is 1. The Balaban J connectivity index is 1.45. The Morgan fingerprint density at radius 3 is 2.58 bits per heavy atom. The van der Waals surface area contributed by atoms with Crippen LogP contribution in [0.1, 0.15) is 61.8 Å². The number of rotatable bonds is 5. The van der Waals surface area contributed by atoms with Gasteiger partial charge in [-0.05, 0) is 43.0 Å². The minimum absolute atomic E-state index is 0.0924. The third-order valence-electron chi connectivity index (χ3n) is 6.33. The van der Waals surface area contributed by atoms with Gasteiger partial charge in [-0.3, -0.25) is 4.79 Å². The van der Waals surface area contributed by atoms with Crippen LogP contribution in [0.15, 0.2) is 48.8 Å². The monoisotopic (exact) mass is 411 g/mol. The van der Waals surface area contributed by atoms with E-state index in [1.807, 2.05) is 37.3 Å². The van der Waals surface area contributed by atoms with Gasteiger partial charge in [0.15, 0.2) is 0 Å². The van der Waals surface area contributed by atoms with Crippen LogP contribution in [-0.2, 0) is 16.8 Å². The zero-order chi connectivity index (χ0) is 21.8. The summed E-state index contributed by atoms with van der Waals surface area (Å²) in [5, 5.41) is 22.2. The summed E-state index contributed by atoms with van der Waals surface area (Å²) in [4.78, 5) is 17.0. The maximum Gasteiger partial charge on any atom is 0.240 e. The molecule has 31 heavy (non-hydrogen) atoms. The highest BCUT2D eigenvalue weighted by Crippen LogP contribution is 2.39. The average molecular weight is 412 g/mol. The predicted molar refractivity (Wildman–Crippen MR) is 118 cm³/mol. The van der Waals surface area contributed by atoms with Gasteiger partial charge in [-0.25, -0.2) is 4.98 Å². The summed E-state index contributed by atoms with van der Waals surface area (Å²) in [6.07, 6.45) is 6.82. The highest BCUT2D eigenvalue weighted by Gasteiger charge is 2.33. The van der Waals surface area contributed by atoms with E-state index in [0.29, 0.717) is 16.6 Å². The summed E-state index contributed by atoms with van der Waals surface area (Å²) in [6.45, 7) is 2.04. The Kier molecular flexibility index (Phi) is 5.73. The number of aromatic nitrogens is 2. The van der Waals surface area contributed by atoms with E-state index in [4.69, 9.17) is 0 Å². The zero-order valence-electron chi connectivity index (χ0n) is 17.6. The molecular formula is C25H25N5O. The third kappa shape index (κ3) is 4.02. The lowest BCUT2D eigenvalue weighted by Crippen LogP contribution is -2.30. The second-order valence-corrected chi connectivity index (χ2v) is 8.32. The first kappa shape index (κ1) is 20.6. The van der Waals surface area contributed by atoms with Crippen LogP contribution >= 0.6 is 0 Å². The zero-order valence-corrected chi connectivity index (χ0v) is 17.6. The summed E-state index contributed by atoms with van der Waals surface area (Å²) in [5.41, 5.74) is 3.57. The summed E-state index contributed by atoms with van der Waals surface area (Å²) in [6, 6.07) is 18.0. The van der Waals surface area contributed by atoms with E-state index in [9.17, 15) is 15.3 Å². The lowest BCUT2D eigenvalue weighted by atomic mass is 9.70. The summed E-state index contributed by atoms with van der Waals surface area (Å²) >= 11 is 0. The third-order valence-corrected chi connectivity index (χ3v) is 6.33. The first-order valence-corrected chi connectivity index (χ1v) is 10.7. The molecule has 0 spiro atoms. The molecule has 0 bridgehead atoms. The normalized spacial score (nSPS) is 16.2. The Hall–Kier alpha value is -3.64. The number of nitrogens with one attached hydrogen (secondary N) is 1. The standard InChI is InChI=1S/C25H25N5O/c1-18(19-8-10-21(11-9-19)25(16-27)12-3-2-4-13-25)29-23(31)15-30-17-28-22-7-5-6-20(14-26)24(22)30/h5-11,17-18H,2-4,12-13,15H2,1H3,(H,29,31). The first-order valence-electron chi connectivity index (χ1n) is 10.7. The fourth-order valence-electron chi connectivity index (χ4n) is 4.57. The number of fused-ring (bicyclic) bond motifs is 1. The van der Waals surface area contributed by atoms with Gasteiger partial charge in [0.25, 0.3) is 0 Å². The molecule has 1 heterocycles. The number of carbonyl (C=O) groups is 1. The van der Waals surface area contributed by atoms with Gasteiger partial charge in [0.05, 0.1) is 40.5 Å². The van der Waals surface area contributed by atoms with Gasteiger partial charge in [0, 0.05) is 0 Å². The van der Waals surface area contributed by atoms with Crippen molar-refractivity contribution in [3.63, 3.8) is 0 Å². The van der Waals surface area contributed by atoms with Crippen LogP contribution in [0.2, 0.25) is 0 Å². The maximum atomic E-state index is 12.7. The lowest BCUT2D eigenvalue weighted by Gasteiger charge is -2.31. The Morgan fingerprint density at radius 2 is 1.90 bits per heavy atom. The van der Waals surface area contributed by atoms with Crippen molar-refractivity contribution < 1.29 is 4.79 Å². The van der Waals surface area contributed by atoms with Crippen molar-refractivity contribution in [3.05, 3.63) is 65.5 Å². The molecule has 1 N–H and O–H groups in total. The van der Waals surface area contributed by atoms with E-state index in [0.717, 1.165) is 36.8 Å². The van der Waals surface area contributed by atoms with Crippen LogP contribution < -0.4 is 5.32 Å². The molecule has 0 radical (unpaired) electrons. The largest absolute Gasteiger partial charge is 0.348 e. The highest BCUT2D eigenvalue weighted by atomic mass is 16.2. The van der Waals surface area contributed by atoms with Crippen molar-refractivity contribution in [3.8, 4) is 12.1 Å². The number of carbonyl (C=O) groups excluding carboxylic acids is 1. The lowest BCUT2D eigenvalue weighted by molar-refractivity contribution is -0.122. The number of hydrogen-bond acceptors (Lipinski definition) is 4. The van der Waals surface area contributed by atoms with Crippen LogP contribution in [-0.4, -0.2) is 15.5 Å². The Bertz CT molecular complexity index is 1170. The van der Waals surface area contributed by atoms with Crippen molar-refractivity contribution in [2.75, 3.05) is 0 Å². The van der Waals surface area contributed by atoms with Gasteiger partial charge < -0.3 is 9.88 Å². The molecule has 1 aliphatic carbocycles. The minimum atomic E-state index is -0.371. The van der Waals surface area contributed by atoms with Crippen LogP contribution in [0, 0.1) is 22.7 Å². The van der Waals surface area contributed by atoms with Gasteiger partial charge in [-0.2, -0.15) is 10.5 Å². The van der Waals surface area contributed by atoms with Crippen molar-refractivity contribution in [2.45, 2.75) is 57.0 Å². The fraction of sp³-hybridized carbons (Fsp3) is 0.360. The fourth-order valence-corrected chi connectivity index (χ4v) is 4.57. The molecule has 2 aromatic carbocycles. The molecule has 6 nitrogen and oxygen atoms in total. The van der Waals surface area contributed by atoms with E-state index in [2.05, 4.69) is 22.4 Å². The van der Waals surface area contributed by atoms with E-state index in [1.54, 1.807) is 23.0 Å². The average Bonchev–Trinajstić information content (AvgIpc) is 3.22. The van der Waals surface area contributed by atoms with Gasteiger partial charge in [0.2, 0.25) is 5.91 Å². The topological polar surface area (TPSA) is 94.5 Å². The molecule has 0 saturated heterocycles. The molecule has 6 heteroatoms. The minimum Gasteiger partial charge on any atom is -0.348 e. The summed E-state index contributed by atoms with van der Waals surface area (Å²) in [5.74, 6) is -0.149. The van der Waals surface area contributed by atoms with Gasteiger partial charge in [-0.1, -0.05) is 49.6 Å². The molecule has 1 fully saturated rings.